The van der Waals surface area contributed by atoms with E-state index in [1.54, 1.807) is 0 Å². The summed E-state index contributed by atoms with van der Waals surface area (Å²) < 4.78 is 28.5. The molecule has 1 N–H and O–H groups in total. The van der Waals surface area contributed by atoms with E-state index in [1.807, 2.05) is 42.5 Å². The van der Waals surface area contributed by atoms with Crippen molar-refractivity contribution >= 4 is 15.7 Å². The van der Waals surface area contributed by atoms with Gasteiger partial charge in [-0.05, 0) is 24.5 Å². The third-order valence-electron chi connectivity index (χ3n) is 4.23. The quantitative estimate of drug-likeness (QED) is 0.871. The molecule has 6 heteroatoms. The third-order valence-corrected chi connectivity index (χ3v) is 6.07. The van der Waals surface area contributed by atoms with Gasteiger partial charge in [0.15, 0.2) is 9.84 Å². The number of carbonyl (C=O) groups is 1. The van der Waals surface area contributed by atoms with Crippen molar-refractivity contribution in [3.63, 3.8) is 0 Å². The van der Waals surface area contributed by atoms with E-state index < -0.39 is 9.84 Å². The number of benzene rings is 1. The zero-order chi connectivity index (χ0) is 17.0. The smallest absolute Gasteiger partial charge is 0.220 e. The normalized spacial score (nSPS) is 19.2. The van der Waals surface area contributed by atoms with Gasteiger partial charge in [0.25, 0.3) is 0 Å². The summed E-state index contributed by atoms with van der Waals surface area (Å²) >= 11 is 0. The van der Waals surface area contributed by atoms with Crippen LogP contribution in [0.1, 0.15) is 18.6 Å². The lowest BCUT2D eigenvalue weighted by atomic mass is 10.1. The molecule has 2 heterocycles. The highest BCUT2D eigenvalue weighted by molar-refractivity contribution is 7.91. The van der Waals surface area contributed by atoms with E-state index in [2.05, 4.69) is 5.32 Å². The first-order valence-corrected chi connectivity index (χ1v) is 9.95. The van der Waals surface area contributed by atoms with Crippen LogP contribution in [-0.2, 0) is 21.1 Å². The van der Waals surface area contributed by atoms with Gasteiger partial charge in [-0.2, -0.15) is 0 Å². The molecule has 0 radical (unpaired) electrons. The van der Waals surface area contributed by atoms with Gasteiger partial charge in [0.2, 0.25) is 5.91 Å². The van der Waals surface area contributed by atoms with E-state index in [9.17, 15) is 13.2 Å². The Bertz CT molecular complexity index is 795. The molecule has 1 saturated heterocycles. The Labute approximate surface area is 142 Å². The number of sulfone groups is 1. The van der Waals surface area contributed by atoms with Crippen LogP contribution in [0.4, 0.5) is 0 Å². The number of nitrogens with one attached hydrogen (secondary N) is 1. The maximum Gasteiger partial charge on any atom is 0.220 e. The molecule has 24 heavy (non-hydrogen) atoms. The summed E-state index contributed by atoms with van der Waals surface area (Å²) in [5, 5.41) is 2.83. The van der Waals surface area contributed by atoms with Crippen molar-refractivity contribution in [1.29, 1.82) is 0 Å². The predicted octanol–water partition coefficient (Wildman–Crippen LogP) is 2.43. The monoisotopic (exact) mass is 347 g/mol. The van der Waals surface area contributed by atoms with Crippen LogP contribution in [-0.4, -0.2) is 32.4 Å². The van der Waals surface area contributed by atoms with Crippen molar-refractivity contribution in [2.75, 3.05) is 18.1 Å². The van der Waals surface area contributed by atoms with Crippen LogP contribution in [0.5, 0.6) is 0 Å². The summed E-state index contributed by atoms with van der Waals surface area (Å²) in [5.74, 6) is 1.97. The van der Waals surface area contributed by atoms with E-state index in [-0.39, 0.29) is 23.3 Å². The van der Waals surface area contributed by atoms with E-state index in [4.69, 9.17) is 4.42 Å². The minimum atomic E-state index is -2.89. The molecule has 1 fully saturated rings. The van der Waals surface area contributed by atoms with Gasteiger partial charge < -0.3 is 9.73 Å². The summed E-state index contributed by atoms with van der Waals surface area (Å²) in [7, 11) is -2.89. The minimum Gasteiger partial charge on any atom is -0.461 e. The second-order valence-electron chi connectivity index (χ2n) is 6.21. The average Bonchev–Trinajstić information content (AvgIpc) is 3.18. The molecule has 1 atom stereocenters. The number of carbonyl (C=O) groups excluding carboxylic acids is 1. The maximum absolute atomic E-state index is 11.9. The Hall–Kier alpha value is -2.08. The van der Waals surface area contributed by atoms with Crippen LogP contribution in [0, 0.1) is 5.92 Å². The van der Waals surface area contributed by atoms with E-state index in [1.165, 1.54) is 0 Å². The fraction of sp³-hybridized carbons (Fsp3) is 0.389. The first-order valence-electron chi connectivity index (χ1n) is 8.13. The fourth-order valence-electron chi connectivity index (χ4n) is 2.89. The maximum atomic E-state index is 11.9. The SMILES string of the molecule is O=C(CCc1ccc(-c2ccccc2)o1)NC[C@H]1CCS(=O)(=O)C1. The Morgan fingerprint density at radius 2 is 1.96 bits per heavy atom. The van der Waals surface area contributed by atoms with Crippen molar-refractivity contribution in [2.24, 2.45) is 5.92 Å². The minimum absolute atomic E-state index is 0.0484. The number of aryl methyl sites for hydroxylation is 1. The molecule has 0 bridgehead atoms. The molecule has 0 saturated carbocycles. The molecule has 1 amide bonds. The highest BCUT2D eigenvalue weighted by atomic mass is 32.2. The molecule has 5 nitrogen and oxygen atoms in total. The second-order valence-corrected chi connectivity index (χ2v) is 8.43. The highest BCUT2D eigenvalue weighted by Gasteiger charge is 2.27. The van der Waals surface area contributed by atoms with Crippen LogP contribution in [0.2, 0.25) is 0 Å². The lowest BCUT2D eigenvalue weighted by Gasteiger charge is -2.09. The summed E-state index contributed by atoms with van der Waals surface area (Å²) in [6, 6.07) is 13.6. The van der Waals surface area contributed by atoms with Gasteiger partial charge >= 0.3 is 0 Å². The van der Waals surface area contributed by atoms with Gasteiger partial charge in [-0.1, -0.05) is 30.3 Å². The zero-order valence-corrected chi connectivity index (χ0v) is 14.2. The summed E-state index contributed by atoms with van der Waals surface area (Å²) in [5.41, 5.74) is 1.01. The van der Waals surface area contributed by atoms with Crippen molar-refractivity contribution in [1.82, 2.24) is 5.32 Å². The van der Waals surface area contributed by atoms with Crippen LogP contribution in [0.15, 0.2) is 46.9 Å². The molecule has 1 aliphatic rings. The van der Waals surface area contributed by atoms with E-state index in [0.29, 0.717) is 25.8 Å². The summed E-state index contributed by atoms with van der Waals surface area (Å²) in [6.45, 7) is 0.436. The van der Waals surface area contributed by atoms with Crippen molar-refractivity contribution in [3.8, 4) is 11.3 Å². The molecule has 2 aromatic rings. The van der Waals surface area contributed by atoms with Gasteiger partial charge in [0, 0.05) is 24.9 Å². The molecule has 1 aliphatic heterocycles. The Morgan fingerprint density at radius 1 is 1.17 bits per heavy atom. The molecule has 128 valence electrons. The Balaban J connectivity index is 1.44. The largest absolute Gasteiger partial charge is 0.461 e. The number of amides is 1. The first-order chi connectivity index (χ1) is 11.5. The lowest BCUT2D eigenvalue weighted by Crippen LogP contribution is -2.29. The topological polar surface area (TPSA) is 76.4 Å². The number of rotatable bonds is 6. The van der Waals surface area contributed by atoms with Gasteiger partial charge in [-0.25, -0.2) is 8.42 Å². The molecule has 0 aliphatic carbocycles. The number of hydrogen-bond donors (Lipinski definition) is 1. The second kappa shape index (κ2) is 7.21. The first kappa shape index (κ1) is 16.8. The molecule has 1 aromatic heterocycles. The number of furan rings is 1. The van der Waals surface area contributed by atoms with Gasteiger partial charge in [0.05, 0.1) is 11.5 Å². The summed E-state index contributed by atoms with van der Waals surface area (Å²) in [6.07, 6.45) is 1.50. The molecule has 3 rings (SSSR count). The van der Waals surface area contributed by atoms with E-state index in [0.717, 1.165) is 17.1 Å². The van der Waals surface area contributed by atoms with E-state index >= 15 is 0 Å². The van der Waals surface area contributed by atoms with Crippen LogP contribution in [0.3, 0.4) is 0 Å². The lowest BCUT2D eigenvalue weighted by molar-refractivity contribution is -0.121. The Morgan fingerprint density at radius 3 is 2.67 bits per heavy atom. The fourth-order valence-corrected chi connectivity index (χ4v) is 4.75. The molecular formula is C18H21NO4S. The molecule has 1 aromatic carbocycles. The van der Waals surface area contributed by atoms with Crippen LogP contribution >= 0.6 is 0 Å². The molecule has 0 unspecified atom stereocenters. The average molecular weight is 347 g/mol. The predicted molar refractivity (Wildman–Crippen MR) is 92.2 cm³/mol. The van der Waals surface area contributed by atoms with Gasteiger partial charge in [-0.15, -0.1) is 0 Å². The van der Waals surface area contributed by atoms with Crippen molar-refractivity contribution in [3.05, 3.63) is 48.2 Å². The third kappa shape index (κ3) is 4.47. The van der Waals surface area contributed by atoms with Crippen LogP contribution < -0.4 is 5.32 Å². The molecular weight excluding hydrogens is 326 g/mol. The number of hydrogen-bond acceptors (Lipinski definition) is 4. The highest BCUT2D eigenvalue weighted by Crippen LogP contribution is 2.22. The summed E-state index contributed by atoms with van der Waals surface area (Å²) in [4.78, 5) is 11.9. The van der Waals surface area contributed by atoms with Crippen molar-refractivity contribution in [2.45, 2.75) is 19.3 Å². The van der Waals surface area contributed by atoms with Gasteiger partial charge in [0.1, 0.15) is 11.5 Å². The standard InChI is InChI=1S/C18H21NO4S/c20-18(19-12-14-10-11-24(21,22)13-14)9-7-16-6-8-17(23-16)15-4-2-1-3-5-15/h1-6,8,14H,7,9-13H2,(H,19,20)/t14-/m1/s1. The van der Waals surface area contributed by atoms with Crippen LogP contribution in [0.25, 0.3) is 11.3 Å². The molecule has 0 spiro atoms. The zero-order valence-electron chi connectivity index (χ0n) is 13.4. The van der Waals surface area contributed by atoms with Crippen molar-refractivity contribution < 1.29 is 17.6 Å². The van der Waals surface area contributed by atoms with Gasteiger partial charge in [-0.3, -0.25) is 4.79 Å². The Kier molecular flexibility index (Phi) is 5.04.